The lowest BCUT2D eigenvalue weighted by Gasteiger charge is -1.99. The Hall–Kier alpha value is -0.730. The van der Waals surface area contributed by atoms with E-state index in [1.54, 1.807) is 0 Å². The van der Waals surface area contributed by atoms with E-state index in [-0.39, 0.29) is 11.1 Å². The third-order valence-corrected chi connectivity index (χ3v) is 1.30. The Bertz CT molecular complexity index is 180. The average Bonchev–Trinajstić information content (AvgIpc) is 2.02. The lowest BCUT2D eigenvalue weighted by Crippen LogP contribution is -1.87. The molecule has 0 aliphatic carbocycles. The molecule has 0 fully saturated rings. The molecule has 0 aliphatic heterocycles. The van der Waals surface area contributed by atoms with Crippen LogP contribution in [-0.4, -0.2) is 13.3 Å². The van der Waals surface area contributed by atoms with E-state index in [0.717, 1.165) is 6.08 Å². The molecule has 0 amide bonds. The van der Waals surface area contributed by atoms with Crippen LogP contribution in [-0.2, 0) is 0 Å². The Labute approximate surface area is 64.4 Å². The maximum absolute atomic E-state index is 12.8. The summed E-state index contributed by atoms with van der Waals surface area (Å²) in [6.45, 7) is 1.20. The zero-order chi connectivity index (χ0) is 8.85. The largest absolute Gasteiger partial charge is 0.247 e. The Morgan fingerprint density at radius 3 is 2.18 bits per heavy atom. The first kappa shape index (κ1) is 10.3. The molecule has 3 heteroatoms. The summed E-state index contributed by atoms with van der Waals surface area (Å²) in [5, 5.41) is 0. The van der Waals surface area contributed by atoms with Gasteiger partial charge < -0.3 is 0 Å². The van der Waals surface area contributed by atoms with Gasteiger partial charge in [0.25, 0.3) is 0 Å². The van der Waals surface area contributed by atoms with E-state index in [2.05, 4.69) is 0 Å². The van der Waals surface area contributed by atoms with Gasteiger partial charge in [-0.05, 0) is 31.1 Å². The van der Waals surface area contributed by atoms with Crippen LogP contribution < -0.4 is 0 Å². The van der Waals surface area contributed by atoms with Crippen LogP contribution in [0.25, 0.3) is 0 Å². The second-order valence-corrected chi connectivity index (χ2v) is 2.27. The zero-order valence-corrected chi connectivity index (χ0v) is 6.63. The maximum Gasteiger partial charge on any atom is 0.127 e. The molecule has 0 unspecified atom stereocenters. The second-order valence-electron chi connectivity index (χ2n) is 2.27. The molecule has 0 aromatic heterocycles. The summed E-state index contributed by atoms with van der Waals surface area (Å²) < 4.78 is 36.2. The van der Waals surface area contributed by atoms with Crippen LogP contribution in [0.5, 0.6) is 0 Å². The number of hydrogen-bond acceptors (Lipinski definition) is 0. The molecular formula is C8H11F3. The molecular weight excluding hydrogens is 153 g/mol. The fourth-order valence-electron chi connectivity index (χ4n) is 0.601. The van der Waals surface area contributed by atoms with Crippen molar-refractivity contribution in [3.8, 4) is 0 Å². The minimum Gasteiger partial charge on any atom is -0.247 e. The van der Waals surface area contributed by atoms with Crippen LogP contribution in [0.4, 0.5) is 13.2 Å². The van der Waals surface area contributed by atoms with Crippen molar-refractivity contribution in [3.05, 3.63) is 23.0 Å². The highest BCUT2D eigenvalue weighted by atomic mass is 19.1. The van der Waals surface area contributed by atoms with Gasteiger partial charge >= 0.3 is 0 Å². The first-order valence-electron chi connectivity index (χ1n) is 3.27. The van der Waals surface area contributed by atoms with Crippen molar-refractivity contribution >= 4 is 0 Å². The minimum absolute atomic E-state index is 0.00667. The molecule has 64 valence electrons. The number of alkyl halides is 2. The van der Waals surface area contributed by atoms with Crippen LogP contribution in [0, 0.1) is 0 Å². The molecule has 0 bridgehead atoms. The third kappa shape index (κ3) is 3.25. The molecule has 0 rings (SSSR count). The lowest BCUT2D eigenvalue weighted by molar-refractivity contribution is 0.520. The van der Waals surface area contributed by atoms with Crippen LogP contribution in [0.15, 0.2) is 23.0 Å². The summed E-state index contributed by atoms with van der Waals surface area (Å²) in [6.07, 6.45) is 1.08. The van der Waals surface area contributed by atoms with Crippen molar-refractivity contribution in [3.63, 3.8) is 0 Å². The Morgan fingerprint density at radius 2 is 1.82 bits per heavy atom. The van der Waals surface area contributed by atoms with Crippen LogP contribution in [0.2, 0.25) is 0 Å². The van der Waals surface area contributed by atoms with Gasteiger partial charge in [0.15, 0.2) is 0 Å². The van der Waals surface area contributed by atoms with Gasteiger partial charge in [-0.25, -0.2) is 13.2 Å². The normalized spacial score (nSPS) is 14.8. The standard InChI is InChI=1S/C8H11F3/c1-6(3-4-9)8(11)7(2)5-10/h3H,4-5H2,1-2H3/b6-3-,8-7+. The second kappa shape index (κ2) is 4.99. The summed E-state index contributed by atoms with van der Waals surface area (Å²) in [5.41, 5.74) is 0.162. The molecule has 11 heavy (non-hydrogen) atoms. The molecule has 0 aliphatic rings. The van der Waals surface area contributed by atoms with Crippen molar-refractivity contribution in [1.82, 2.24) is 0 Å². The van der Waals surface area contributed by atoms with Gasteiger partial charge in [0.1, 0.15) is 19.2 Å². The number of halogens is 3. The zero-order valence-electron chi connectivity index (χ0n) is 6.63. The van der Waals surface area contributed by atoms with Crippen LogP contribution >= 0.6 is 0 Å². The van der Waals surface area contributed by atoms with Crippen molar-refractivity contribution in [1.29, 1.82) is 0 Å². The van der Waals surface area contributed by atoms with Gasteiger partial charge in [0, 0.05) is 0 Å². The van der Waals surface area contributed by atoms with Crippen molar-refractivity contribution in [2.45, 2.75) is 13.8 Å². The molecule has 0 nitrogen and oxygen atoms in total. The third-order valence-electron chi connectivity index (χ3n) is 1.30. The summed E-state index contributed by atoms with van der Waals surface area (Å²) in [7, 11) is 0. The molecule has 0 saturated carbocycles. The van der Waals surface area contributed by atoms with Gasteiger partial charge in [-0.15, -0.1) is 0 Å². The molecule has 0 atom stereocenters. The number of allylic oxidation sites excluding steroid dienone is 4. The molecule has 0 aromatic carbocycles. The first-order chi connectivity index (χ1) is 5.13. The Kier molecular flexibility index (Phi) is 4.66. The fraction of sp³-hybridized carbons (Fsp3) is 0.500. The van der Waals surface area contributed by atoms with Crippen LogP contribution in [0.1, 0.15) is 13.8 Å². The SMILES string of the molecule is CC(=C/CF)/C(F)=C(/C)CF. The van der Waals surface area contributed by atoms with Crippen molar-refractivity contribution in [2.24, 2.45) is 0 Å². The van der Waals surface area contributed by atoms with Gasteiger partial charge in [0.2, 0.25) is 0 Å². The van der Waals surface area contributed by atoms with E-state index in [1.807, 2.05) is 0 Å². The Balaban J connectivity index is 4.46. The molecule has 0 saturated heterocycles. The summed E-state index contributed by atoms with van der Waals surface area (Å²) in [4.78, 5) is 0. The molecule has 0 spiro atoms. The van der Waals surface area contributed by atoms with Gasteiger partial charge in [-0.2, -0.15) is 0 Å². The van der Waals surface area contributed by atoms with Gasteiger partial charge in [-0.3, -0.25) is 0 Å². The average molecular weight is 164 g/mol. The molecule has 0 radical (unpaired) electrons. The highest BCUT2D eigenvalue weighted by Crippen LogP contribution is 2.15. The molecule has 0 aromatic rings. The predicted molar refractivity (Wildman–Crippen MR) is 39.5 cm³/mol. The van der Waals surface area contributed by atoms with E-state index in [0.29, 0.717) is 0 Å². The quantitative estimate of drug-likeness (QED) is 0.562. The smallest absolute Gasteiger partial charge is 0.127 e. The fourth-order valence-corrected chi connectivity index (χ4v) is 0.601. The number of hydrogen-bond donors (Lipinski definition) is 0. The van der Waals surface area contributed by atoms with Gasteiger partial charge in [-0.1, -0.05) is 0 Å². The number of rotatable bonds is 3. The minimum atomic E-state index is -0.830. The van der Waals surface area contributed by atoms with E-state index < -0.39 is 19.2 Å². The molecule has 0 N–H and O–H groups in total. The lowest BCUT2D eigenvalue weighted by atomic mass is 10.2. The van der Waals surface area contributed by atoms with E-state index >= 15 is 0 Å². The highest BCUT2D eigenvalue weighted by Gasteiger charge is 2.02. The van der Waals surface area contributed by atoms with Crippen molar-refractivity contribution < 1.29 is 13.2 Å². The highest BCUT2D eigenvalue weighted by molar-refractivity contribution is 5.27. The first-order valence-corrected chi connectivity index (χ1v) is 3.27. The van der Waals surface area contributed by atoms with E-state index in [9.17, 15) is 13.2 Å². The van der Waals surface area contributed by atoms with Gasteiger partial charge in [0.05, 0.1) is 0 Å². The van der Waals surface area contributed by atoms with E-state index in [1.165, 1.54) is 13.8 Å². The maximum atomic E-state index is 12.8. The van der Waals surface area contributed by atoms with Crippen LogP contribution in [0.3, 0.4) is 0 Å². The topological polar surface area (TPSA) is 0 Å². The summed E-state index contributed by atoms with van der Waals surface area (Å²) in [6, 6.07) is 0. The summed E-state index contributed by atoms with van der Waals surface area (Å²) in [5.74, 6) is -0.648. The monoisotopic (exact) mass is 164 g/mol. The van der Waals surface area contributed by atoms with Crippen molar-refractivity contribution in [2.75, 3.05) is 13.3 Å². The summed E-state index contributed by atoms with van der Waals surface area (Å²) >= 11 is 0. The molecule has 0 heterocycles. The predicted octanol–water partition coefficient (Wildman–Crippen LogP) is 3.12. The van der Waals surface area contributed by atoms with E-state index in [4.69, 9.17) is 0 Å². The Morgan fingerprint density at radius 1 is 1.27 bits per heavy atom.